The fourth-order valence-electron chi connectivity index (χ4n) is 5.96. The summed E-state index contributed by atoms with van der Waals surface area (Å²) in [6, 6.07) is 8.41. The smallest absolute Gasteiger partial charge is 0.246 e. The molecular formula is C23H27N3O2. The van der Waals surface area contributed by atoms with E-state index in [2.05, 4.69) is 29.2 Å². The number of nitrogens with zero attached hydrogens (tertiary/aromatic N) is 2. The topological polar surface area (TPSA) is 56.4 Å². The first-order valence-electron chi connectivity index (χ1n) is 10.9. The van der Waals surface area contributed by atoms with Crippen LogP contribution in [0.15, 0.2) is 24.3 Å². The molecule has 5 nitrogen and oxygen atoms in total. The maximum atomic E-state index is 13.4. The Labute approximate surface area is 165 Å². The lowest BCUT2D eigenvalue weighted by Gasteiger charge is -2.49. The van der Waals surface area contributed by atoms with Crippen molar-refractivity contribution >= 4 is 22.7 Å². The summed E-state index contributed by atoms with van der Waals surface area (Å²) in [5.41, 5.74) is 3.60. The molecule has 2 aliphatic heterocycles. The van der Waals surface area contributed by atoms with E-state index in [-0.39, 0.29) is 30.4 Å². The molecule has 2 aliphatic carbocycles. The van der Waals surface area contributed by atoms with E-state index in [4.69, 9.17) is 0 Å². The number of hydrogen-bond acceptors (Lipinski definition) is 2. The molecular weight excluding hydrogens is 350 g/mol. The van der Waals surface area contributed by atoms with Gasteiger partial charge in [-0.25, -0.2) is 0 Å². The van der Waals surface area contributed by atoms with E-state index in [1.807, 2.05) is 9.80 Å². The largest absolute Gasteiger partial charge is 0.356 e. The van der Waals surface area contributed by atoms with Gasteiger partial charge in [-0.05, 0) is 43.2 Å². The van der Waals surface area contributed by atoms with Crippen molar-refractivity contribution in [3.05, 3.63) is 35.5 Å². The lowest BCUT2D eigenvalue weighted by molar-refractivity contribution is -0.162. The molecule has 28 heavy (non-hydrogen) atoms. The first-order valence-corrected chi connectivity index (χ1v) is 10.9. The number of H-pyrrole nitrogens is 1. The zero-order valence-electron chi connectivity index (χ0n) is 16.2. The van der Waals surface area contributed by atoms with Crippen molar-refractivity contribution in [2.24, 2.45) is 5.92 Å². The Morgan fingerprint density at radius 3 is 2.54 bits per heavy atom. The summed E-state index contributed by atoms with van der Waals surface area (Å²) in [6.45, 7) is 0.277. The number of hydrogen-bond donors (Lipinski definition) is 1. The number of para-hydroxylation sites is 1. The van der Waals surface area contributed by atoms with Crippen molar-refractivity contribution in [1.82, 2.24) is 14.8 Å². The normalized spacial score (nSPS) is 28.6. The van der Waals surface area contributed by atoms with Crippen molar-refractivity contribution in [2.75, 3.05) is 6.54 Å². The van der Waals surface area contributed by atoms with Crippen LogP contribution in [0.25, 0.3) is 10.9 Å². The van der Waals surface area contributed by atoms with Crippen LogP contribution >= 0.6 is 0 Å². The fourth-order valence-corrected chi connectivity index (χ4v) is 5.96. The Morgan fingerprint density at radius 2 is 1.75 bits per heavy atom. The predicted octanol–water partition coefficient (Wildman–Crippen LogP) is 3.55. The molecule has 1 saturated heterocycles. The van der Waals surface area contributed by atoms with Crippen LogP contribution in [0.1, 0.15) is 62.2 Å². The van der Waals surface area contributed by atoms with Gasteiger partial charge in [-0.15, -0.1) is 0 Å². The van der Waals surface area contributed by atoms with Gasteiger partial charge >= 0.3 is 0 Å². The molecule has 1 aromatic carbocycles. The van der Waals surface area contributed by atoms with Gasteiger partial charge in [-0.1, -0.05) is 37.5 Å². The highest BCUT2D eigenvalue weighted by atomic mass is 16.2. The van der Waals surface area contributed by atoms with E-state index in [0.717, 1.165) is 31.2 Å². The van der Waals surface area contributed by atoms with E-state index >= 15 is 0 Å². The van der Waals surface area contributed by atoms with Gasteiger partial charge in [0, 0.05) is 29.1 Å². The third-order valence-corrected chi connectivity index (χ3v) is 7.42. The number of carbonyl (C=O) groups is 2. The summed E-state index contributed by atoms with van der Waals surface area (Å²) in [6.07, 6.45) is 8.79. The van der Waals surface area contributed by atoms with Crippen molar-refractivity contribution in [3.8, 4) is 0 Å². The number of rotatable bonds is 2. The van der Waals surface area contributed by atoms with Crippen LogP contribution in [0.3, 0.4) is 0 Å². The highest BCUT2D eigenvalue weighted by Gasteiger charge is 2.51. The van der Waals surface area contributed by atoms with E-state index in [0.29, 0.717) is 18.4 Å². The highest BCUT2D eigenvalue weighted by Crippen LogP contribution is 2.47. The summed E-state index contributed by atoms with van der Waals surface area (Å²) >= 11 is 0. The first-order chi connectivity index (χ1) is 13.7. The van der Waals surface area contributed by atoms with Gasteiger partial charge in [-0.2, -0.15) is 0 Å². The van der Waals surface area contributed by atoms with Gasteiger partial charge in [0.15, 0.2) is 0 Å². The van der Waals surface area contributed by atoms with E-state index in [9.17, 15) is 9.59 Å². The molecule has 0 radical (unpaired) electrons. The Balaban J connectivity index is 1.49. The number of carbonyl (C=O) groups excluding carboxylic acids is 2. The van der Waals surface area contributed by atoms with Crippen LogP contribution in [-0.2, 0) is 16.0 Å². The van der Waals surface area contributed by atoms with Crippen molar-refractivity contribution in [3.63, 3.8) is 0 Å². The van der Waals surface area contributed by atoms with Crippen LogP contribution in [0.2, 0.25) is 0 Å². The second-order valence-electron chi connectivity index (χ2n) is 9.12. The maximum absolute atomic E-state index is 13.4. The minimum Gasteiger partial charge on any atom is -0.356 e. The van der Waals surface area contributed by atoms with E-state index in [1.165, 1.54) is 35.9 Å². The minimum absolute atomic E-state index is 0.0271. The molecule has 1 aromatic heterocycles. The number of nitrogens with one attached hydrogen (secondary N) is 1. The monoisotopic (exact) mass is 377 g/mol. The molecule has 146 valence electrons. The number of aromatic nitrogens is 1. The number of aromatic amines is 1. The van der Waals surface area contributed by atoms with Crippen molar-refractivity contribution in [2.45, 2.75) is 69.5 Å². The SMILES string of the molecule is O=C1[C@H]2Cc3c([nH]c4ccccc34)C(C3CCCCC3)N2C(=O)CN1C1CC1. The van der Waals surface area contributed by atoms with Crippen LogP contribution in [0.5, 0.6) is 0 Å². The minimum atomic E-state index is -0.319. The average Bonchev–Trinajstić information content (AvgIpc) is 3.50. The standard InChI is InChI=1S/C23H27N3O2/c27-20-13-25(15-10-11-15)23(28)19-12-17-16-8-4-5-9-18(16)24-21(17)22(26(19)20)14-6-2-1-3-7-14/h4-5,8-9,14-15,19,22,24H,1-3,6-7,10-13H2/t19-,22?/m1/s1. The molecule has 2 amide bonds. The lowest BCUT2D eigenvalue weighted by atomic mass is 9.77. The van der Waals surface area contributed by atoms with Crippen LogP contribution in [0, 0.1) is 5.92 Å². The molecule has 1 N–H and O–H groups in total. The Hall–Kier alpha value is -2.30. The highest BCUT2D eigenvalue weighted by molar-refractivity contribution is 5.97. The number of fused-ring (bicyclic) bond motifs is 4. The first kappa shape index (κ1) is 16.6. The Morgan fingerprint density at radius 1 is 0.964 bits per heavy atom. The van der Waals surface area contributed by atoms with Gasteiger partial charge in [0.25, 0.3) is 0 Å². The van der Waals surface area contributed by atoms with Gasteiger partial charge in [-0.3, -0.25) is 9.59 Å². The summed E-state index contributed by atoms with van der Waals surface area (Å²) in [5.74, 6) is 0.780. The maximum Gasteiger partial charge on any atom is 0.246 e. The molecule has 3 fully saturated rings. The Bertz CT molecular complexity index is 954. The third-order valence-electron chi connectivity index (χ3n) is 7.42. The zero-order valence-corrected chi connectivity index (χ0v) is 16.2. The molecule has 5 heteroatoms. The molecule has 2 saturated carbocycles. The number of benzene rings is 1. The lowest BCUT2D eigenvalue weighted by Crippen LogP contribution is -2.64. The molecule has 1 unspecified atom stereocenters. The van der Waals surface area contributed by atoms with Crippen molar-refractivity contribution < 1.29 is 9.59 Å². The molecule has 2 atom stereocenters. The summed E-state index contributed by atoms with van der Waals surface area (Å²) in [4.78, 5) is 34.2. The van der Waals surface area contributed by atoms with Gasteiger partial charge in [0.1, 0.15) is 12.6 Å². The predicted molar refractivity (Wildman–Crippen MR) is 107 cm³/mol. The van der Waals surface area contributed by atoms with Gasteiger partial charge in [0.2, 0.25) is 11.8 Å². The summed E-state index contributed by atoms with van der Waals surface area (Å²) < 4.78 is 0. The van der Waals surface area contributed by atoms with E-state index in [1.54, 1.807) is 0 Å². The van der Waals surface area contributed by atoms with Crippen LogP contribution < -0.4 is 0 Å². The molecule has 0 spiro atoms. The number of amides is 2. The number of piperazine rings is 1. The van der Waals surface area contributed by atoms with Crippen LogP contribution in [-0.4, -0.2) is 45.2 Å². The molecule has 0 bridgehead atoms. The summed E-state index contributed by atoms with van der Waals surface area (Å²) in [7, 11) is 0. The second kappa shape index (κ2) is 6.10. The van der Waals surface area contributed by atoms with Gasteiger partial charge < -0.3 is 14.8 Å². The third kappa shape index (κ3) is 2.38. The zero-order chi connectivity index (χ0) is 18.8. The second-order valence-corrected chi connectivity index (χ2v) is 9.12. The van der Waals surface area contributed by atoms with Gasteiger partial charge in [0.05, 0.1) is 6.04 Å². The fraction of sp³-hybridized carbons (Fsp3) is 0.565. The van der Waals surface area contributed by atoms with E-state index < -0.39 is 0 Å². The molecule has 4 aliphatic rings. The molecule has 3 heterocycles. The Kier molecular flexibility index (Phi) is 3.62. The molecule has 2 aromatic rings. The van der Waals surface area contributed by atoms with Crippen molar-refractivity contribution in [1.29, 1.82) is 0 Å². The summed E-state index contributed by atoms with van der Waals surface area (Å²) in [5, 5.41) is 1.22. The average molecular weight is 377 g/mol. The molecule has 6 rings (SSSR count). The quantitative estimate of drug-likeness (QED) is 0.870. The van der Waals surface area contributed by atoms with Crippen LogP contribution in [0.4, 0.5) is 0 Å².